The van der Waals surface area contributed by atoms with Gasteiger partial charge in [-0.3, -0.25) is 14.6 Å². The molecule has 1 fully saturated rings. The number of nitrogens with zero attached hydrogens (tertiary/aromatic N) is 2. The topological polar surface area (TPSA) is 49.7 Å². The molecule has 0 radical (unpaired) electrons. The van der Waals surface area contributed by atoms with Crippen molar-refractivity contribution in [1.29, 1.82) is 0 Å². The van der Waals surface area contributed by atoms with Crippen LogP contribution in [0.4, 0.5) is 0 Å². The summed E-state index contributed by atoms with van der Waals surface area (Å²) in [6.45, 7) is 1.40. The van der Waals surface area contributed by atoms with Crippen LogP contribution in [0.5, 0.6) is 0 Å². The Morgan fingerprint density at radius 2 is 1.42 bits per heavy atom. The molecule has 33 heavy (non-hydrogen) atoms. The van der Waals surface area contributed by atoms with Crippen LogP contribution in [0.3, 0.4) is 0 Å². The predicted molar refractivity (Wildman–Crippen MR) is 131 cm³/mol. The normalized spacial score (nSPS) is 17.9. The fourth-order valence-electron chi connectivity index (χ4n) is 4.50. The summed E-state index contributed by atoms with van der Waals surface area (Å²) < 4.78 is 0. The Hall–Kier alpha value is -3.50. The molecule has 2 aliphatic heterocycles. The van der Waals surface area contributed by atoms with Gasteiger partial charge in [-0.1, -0.05) is 84.4 Å². The van der Waals surface area contributed by atoms with Crippen LogP contribution >= 0.6 is 11.6 Å². The molecule has 2 aliphatic rings. The number of halogens is 1. The highest BCUT2D eigenvalue weighted by Crippen LogP contribution is 2.39. The average molecular weight is 455 g/mol. The largest absolute Gasteiger partial charge is 0.339 e. The zero-order valence-corrected chi connectivity index (χ0v) is 18.8. The number of amides is 1. The summed E-state index contributed by atoms with van der Waals surface area (Å²) in [7, 11) is 0. The third-order valence-corrected chi connectivity index (χ3v) is 6.41. The van der Waals surface area contributed by atoms with Gasteiger partial charge in [0.25, 0.3) is 5.91 Å². The Balaban J connectivity index is 1.73. The number of carbonyl (C=O) groups is 2. The Labute approximate surface area is 198 Å². The Bertz CT molecular complexity index is 1240. The minimum absolute atomic E-state index is 0.110. The van der Waals surface area contributed by atoms with E-state index in [1.165, 1.54) is 0 Å². The molecule has 0 aromatic heterocycles. The average Bonchev–Trinajstić information content (AvgIpc) is 3.54. The fraction of sp³-hybridized carbons (Fsp3) is 0.179. The molecule has 1 amide bonds. The molecule has 1 atom stereocenters. The van der Waals surface area contributed by atoms with E-state index in [4.69, 9.17) is 16.6 Å². The molecule has 0 aliphatic carbocycles. The van der Waals surface area contributed by atoms with Gasteiger partial charge in [-0.15, -0.1) is 0 Å². The van der Waals surface area contributed by atoms with Crippen molar-refractivity contribution in [3.63, 3.8) is 0 Å². The highest BCUT2D eigenvalue weighted by atomic mass is 35.5. The third-order valence-electron chi connectivity index (χ3n) is 6.16. The Kier molecular flexibility index (Phi) is 5.93. The van der Waals surface area contributed by atoms with E-state index in [1.54, 1.807) is 24.3 Å². The van der Waals surface area contributed by atoms with Crippen LogP contribution in [0.25, 0.3) is 0 Å². The van der Waals surface area contributed by atoms with E-state index in [9.17, 15) is 9.59 Å². The summed E-state index contributed by atoms with van der Waals surface area (Å²) in [5.41, 5.74) is 3.61. The van der Waals surface area contributed by atoms with Crippen LogP contribution in [0.2, 0.25) is 5.02 Å². The van der Waals surface area contributed by atoms with Crippen LogP contribution in [-0.4, -0.2) is 35.4 Å². The van der Waals surface area contributed by atoms with Crippen molar-refractivity contribution < 1.29 is 9.59 Å². The summed E-state index contributed by atoms with van der Waals surface area (Å²) in [4.78, 5) is 34.5. The van der Waals surface area contributed by atoms with Crippen molar-refractivity contribution in [2.45, 2.75) is 18.9 Å². The number of allylic oxidation sites excluding steroid dienone is 1. The van der Waals surface area contributed by atoms with Crippen LogP contribution in [0.1, 0.15) is 40.4 Å². The van der Waals surface area contributed by atoms with Gasteiger partial charge in [-0.25, -0.2) is 0 Å². The molecule has 1 saturated heterocycles. The van der Waals surface area contributed by atoms with Crippen molar-refractivity contribution in [1.82, 2.24) is 4.90 Å². The van der Waals surface area contributed by atoms with Gasteiger partial charge in [0.05, 0.1) is 16.9 Å². The van der Waals surface area contributed by atoms with Crippen molar-refractivity contribution in [3.05, 3.63) is 118 Å². The van der Waals surface area contributed by atoms with Gasteiger partial charge in [0.15, 0.2) is 5.78 Å². The molecule has 0 spiro atoms. The number of aliphatic imine (C=N–C) groups is 1. The molecule has 0 saturated carbocycles. The Morgan fingerprint density at radius 1 is 0.818 bits per heavy atom. The number of benzene rings is 3. The number of rotatable bonds is 5. The van der Waals surface area contributed by atoms with Gasteiger partial charge < -0.3 is 4.90 Å². The summed E-state index contributed by atoms with van der Waals surface area (Å²) in [6, 6.07) is 25.5. The molecule has 0 N–H and O–H groups in total. The second-order valence-electron chi connectivity index (χ2n) is 8.28. The molecular weight excluding hydrogens is 432 g/mol. The number of Topliss-reactive ketones (excluding diaryl/α,β-unsaturated/α-hetero) is 1. The molecule has 5 rings (SSSR count). The quantitative estimate of drug-likeness (QED) is 0.465. The van der Waals surface area contributed by atoms with Crippen LogP contribution in [0.15, 0.2) is 101 Å². The molecule has 4 nitrogen and oxygen atoms in total. The highest BCUT2D eigenvalue weighted by molar-refractivity contribution is 6.37. The zero-order valence-electron chi connectivity index (χ0n) is 18.1. The predicted octanol–water partition coefficient (Wildman–Crippen LogP) is 5.69. The first-order valence-corrected chi connectivity index (χ1v) is 11.5. The van der Waals surface area contributed by atoms with Crippen LogP contribution < -0.4 is 0 Å². The van der Waals surface area contributed by atoms with E-state index in [0.29, 0.717) is 40.5 Å². The lowest BCUT2D eigenvalue weighted by Crippen LogP contribution is -2.32. The first-order chi connectivity index (χ1) is 16.1. The van der Waals surface area contributed by atoms with E-state index in [2.05, 4.69) is 0 Å². The van der Waals surface area contributed by atoms with Gasteiger partial charge >= 0.3 is 0 Å². The summed E-state index contributed by atoms with van der Waals surface area (Å²) in [5.74, 6) is -0.293. The monoisotopic (exact) mass is 454 g/mol. The van der Waals surface area contributed by atoms with E-state index >= 15 is 0 Å². The molecule has 5 heteroatoms. The molecule has 3 aromatic carbocycles. The van der Waals surface area contributed by atoms with Crippen LogP contribution in [-0.2, 0) is 4.79 Å². The molecule has 1 unspecified atom stereocenters. The van der Waals surface area contributed by atoms with Crippen molar-refractivity contribution in [2.24, 2.45) is 4.99 Å². The van der Waals surface area contributed by atoms with Crippen molar-refractivity contribution in [3.8, 4) is 0 Å². The summed E-state index contributed by atoms with van der Waals surface area (Å²) in [6.07, 6.45) is 1.94. The number of carbonyl (C=O) groups excluding carboxylic acids is 2. The van der Waals surface area contributed by atoms with E-state index in [-0.39, 0.29) is 11.7 Å². The molecular formula is C28H23ClN2O2. The number of likely N-dealkylation sites (tertiary alicyclic amines) is 1. The van der Waals surface area contributed by atoms with Crippen LogP contribution in [0, 0.1) is 0 Å². The lowest BCUT2D eigenvalue weighted by molar-refractivity contribution is -0.126. The van der Waals surface area contributed by atoms with Gasteiger partial charge in [-0.05, 0) is 30.5 Å². The summed E-state index contributed by atoms with van der Waals surface area (Å²) in [5, 5.41) is 0.612. The first-order valence-electron chi connectivity index (χ1n) is 11.2. The third kappa shape index (κ3) is 4.14. The molecule has 2 heterocycles. The van der Waals surface area contributed by atoms with Crippen molar-refractivity contribution in [2.75, 3.05) is 13.1 Å². The van der Waals surface area contributed by atoms with E-state index < -0.39 is 6.04 Å². The number of ketones is 1. The maximum Gasteiger partial charge on any atom is 0.253 e. The van der Waals surface area contributed by atoms with Gasteiger partial charge in [0.2, 0.25) is 0 Å². The SMILES string of the molecule is O=C(C1=C(C(=O)N2CCCC2)C(c2ccc(Cl)cc2)N=C1c1ccccc1)c1ccccc1. The maximum atomic E-state index is 13.9. The zero-order chi connectivity index (χ0) is 22.8. The highest BCUT2D eigenvalue weighted by Gasteiger charge is 2.40. The number of hydrogen-bond acceptors (Lipinski definition) is 3. The second-order valence-corrected chi connectivity index (χ2v) is 8.72. The fourth-order valence-corrected chi connectivity index (χ4v) is 4.63. The molecule has 0 bridgehead atoms. The van der Waals surface area contributed by atoms with Crippen molar-refractivity contribution >= 4 is 29.0 Å². The minimum atomic E-state index is -0.562. The van der Waals surface area contributed by atoms with Gasteiger partial charge in [-0.2, -0.15) is 0 Å². The Morgan fingerprint density at radius 3 is 2.06 bits per heavy atom. The second kappa shape index (κ2) is 9.16. The first kappa shape index (κ1) is 21.4. The lowest BCUT2D eigenvalue weighted by atomic mass is 9.89. The van der Waals surface area contributed by atoms with Gasteiger partial charge in [0, 0.05) is 29.2 Å². The molecule has 164 valence electrons. The number of hydrogen-bond donors (Lipinski definition) is 0. The minimum Gasteiger partial charge on any atom is -0.339 e. The summed E-state index contributed by atoms with van der Waals surface area (Å²) >= 11 is 6.13. The standard InChI is InChI=1S/C28H23ClN2O2/c29-22-15-13-20(14-16-22)26-24(28(33)31-17-7-8-18-31)23(27(32)21-11-5-2-6-12-21)25(30-26)19-9-3-1-4-10-19/h1-6,9-16,26H,7-8,17-18H2. The molecule has 3 aromatic rings. The van der Waals surface area contributed by atoms with E-state index in [0.717, 1.165) is 24.0 Å². The maximum absolute atomic E-state index is 13.9. The van der Waals surface area contributed by atoms with Gasteiger partial charge in [0.1, 0.15) is 6.04 Å². The van der Waals surface area contributed by atoms with E-state index in [1.807, 2.05) is 65.6 Å². The smallest absolute Gasteiger partial charge is 0.253 e. The lowest BCUT2D eigenvalue weighted by Gasteiger charge is -2.21.